The van der Waals surface area contributed by atoms with E-state index in [-0.39, 0.29) is 18.6 Å². The first-order chi connectivity index (χ1) is 14.4. The van der Waals surface area contributed by atoms with Crippen LogP contribution in [-0.4, -0.2) is 54.9 Å². The quantitative estimate of drug-likeness (QED) is 0.294. The summed E-state index contributed by atoms with van der Waals surface area (Å²) in [5.74, 6) is -1.85. The van der Waals surface area contributed by atoms with Crippen LogP contribution in [0.1, 0.15) is 40.0 Å². The number of carbonyl (C=O) groups excluding carboxylic acids is 3. The molecule has 0 aromatic carbocycles. The summed E-state index contributed by atoms with van der Waals surface area (Å²) in [6.07, 6.45) is 4.74. The summed E-state index contributed by atoms with van der Waals surface area (Å²) in [4.78, 5) is 36.4. The minimum atomic E-state index is -0.934. The van der Waals surface area contributed by atoms with E-state index in [1.165, 1.54) is 0 Å². The first-order valence-electron chi connectivity index (χ1n) is 10.2. The summed E-state index contributed by atoms with van der Waals surface area (Å²) in [6.45, 7) is 9.15. The average Bonchev–Trinajstić information content (AvgIpc) is 3.01. The van der Waals surface area contributed by atoms with E-state index in [1.54, 1.807) is 32.9 Å². The third-order valence-electron chi connectivity index (χ3n) is 5.42. The van der Waals surface area contributed by atoms with Crippen molar-refractivity contribution in [2.45, 2.75) is 58.3 Å². The van der Waals surface area contributed by atoms with Crippen LogP contribution < -0.4 is 0 Å². The largest absolute Gasteiger partial charge is 0.455 e. The van der Waals surface area contributed by atoms with E-state index in [4.69, 9.17) is 14.2 Å². The minimum Gasteiger partial charge on any atom is -0.455 e. The summed E-state index contributed by atoms with van der Waals surface area (Å²) >= 11 is 0. The van der Waals surface area contributed by atoms with E-state index >= 15 is 0 Å². The number of ether oxygens (including phenoxy) is 3. The van der Waals surface area contributed by atoms with Gasteiger partial charge in [-0.3, -0.25) is 0 Å². The number of rotatable bonds is 7. The molecule has 1 saturated heterocycles. The average molecular weight is 418 g/mol. The lowest BCUT2D eigenvalue weighted by atomic mass is 9.82. The molecule has 7 nitrogen and oxygen atoms in total. The lowest BCUT2D eigenvalue weighted by Crippen LogP contribution is -2.44. The van der Waals surface area contributed by atoms with Crippen LogP contribution in [0.3, 0.4) is 0 Å². The fourth-order valence-corrected chi connectivity index (χ4v) is 3.68. The Balaban J connectivity index is 2.62. The first-order valence-corrected chi connectivity index (χ1v) is 10.2. The number of esters is 2. The van der Waals surface area contributed by atoms with Gasteiger partial charge in [0.25, 0.3) is 0 Å². The van der Waals surface area contributed by atoms with Crippen molar-refractivity contribution in [1.29, 1.82) is 0 Å². The lowest BCUT2D eigenvalue weighted by Gasteiger charge is -2.34. The molecular formula is C23H30O7. The highest BCUT2D eigenvalue weighted by Gasteiger charge is 2.48. The standard InChI is InChI=1S/C23H30O7/c1-5-14(3)22(26)30-21-19-15(4)23(27)29-18(19)12-16(13-25)8-7-9-17(10-11-24)20(21)28-6-2/h5,9,11-12,18-21,25H,4,6-8,10,13H2,1-3H3/b14-5-,16-12+,17-9-/t18-,19+,20+,21+/m1/s1. The van der Waals surface area contributed by atoms with E-state index in [2.05, 4.69) is 6.58 Å². The summed E-state index contributed by atoms with van der Waals surface area (Å²) in [5, 5.41) is 9.72. The highest BCUT2D eigenvalue weighted by atomic mass is 16.6. The van der Waals surface area contributed by atoms with Crippen molar-refractivity contribution in [2.75, 3.05) is 13.2 Å². The molecule has 1 heterocycles. The van der Waals surface area contributed by atoms with Gasteiger partial charge in [-0.25, -0.2) is 9.59 Å². The molecule has 164 valence electrons. The Hall–Kier alpha value is -2.51. The minimum absolute atomic E-state index is 0.0954. The maximum Gasteiger partial charge on any atom is 0.334 e. The molecule has 0 bridgehead atoms. The molecule has 0 radical (unpaired) electrons. The van der Waals surface area contributed by atoms with Crippen molar-refractivity contribution in [3.63, 3.8) is 0 Å². The predicted molar refractivity (Wildman–Crippen MR) is 110 cm³/mol. The number of aliphatic hydroxyl groups excluding tert-OH is 1. The van der Waals surface area contributed by atoms with Gasteiger partial charge in [0.05, 0.1) is 12.5 Å². The summed E-state index contributed by atoms with van der Waals surface area (Å²) in [7, 11) is 0. The summed E-state index contributed by atoms with van der Waals surface area (Å²) < 4.78 is 17.3. The van der Waals surface area contributed by atoms with Crippen LogP contribution in [0, 0.1) is 5.92 Å². The molecule has 2 aliphatic rings. The van der Waals surface area contributed by atoms with Crippen LogP contribution in [0.2, 0.25) is 0 Å². The van der Waals surface area contributed by atoms with Crippen molar-refractivity contribution in [3.05, 3.63) is 47.1 Å². The second kappa shape index (κ2) is 11.0. The molecule has 0 amide bonds. The van der Waals surface area contributed by atoms with E-state index in [0.29, 0.717) is 36.2 Å². The summed E-state index contributed by atoms with van der Waals surface area (Å²) in [5.41, 5.74) is 1.93. The monoisotopic (exact) mass is 418 g/mol. The molecule has 0 spiro atoms. The lowest BCUT2D eigenvalue weighted by molar-refractivity contribution is -0.156. The van der Waals surface area contributed by atoms with Gasteiger partial charge >= 0.3 is 11.9 Å². The Kier molecular flexibility index (Phi) is 8.74. The van der Waals surface area contributed by atoms with E-state index in [9.17, 15) is 19.5 Å². The van der Waals surface area contributed by atoms with Gasteiger partial charge in [-0.15, -0.1) is 0 Å². The molecule has 1 N–H and O–H groups in total. The Morgan fingerprint density at radius 1 is 1.43 bits per heavy atom. The second-order valence-electron chi connectivity index (χ2n) is 7.31. The van der Waals surface area contributed by atoms with Gasteiger partial charge in [0.15, 0.2) is 0 Å². The molecule has 2 rings (SSSR count). The zero-order valence-corrected chi connectivity index (χ0v) is 17.8. The van der Waals surface area contributed by atoms with Crippen LogP contribution in [0.15, 0.2) is 47.1 Å². The van der Waals surface area contributed by atoms with Crippen molar-refractivity contribution in [2.24, 2.45) is 5.92 Å². The number of fused-ring (bicyclic) bond motifs is 1. The molecule has 0 aromatic heterocycles. The Labute approximate surface area is 177 Å². The van der Waals surface area contributed by atoms with E-state index < -0.39 is 36.2 Å². The molecule has 1 fully saturated rings. The van der Waals surface area contributed by atoms with Gasteiger partial charge in [0.2, 0.25) is 0 Å². The number of carbonyl (C=O) groups is 3. The fourth-order valence-electron chi connectivity index (χ4n) is 3.68. The van der Waals surface area contributed by atoms with Crippen molar-refractivity contribution < 1.29 is 33.7 Å². The molecule has 0 aromatic rings. The maximum atomic E-state index is 12.7. The molecule has 1 aliphatic heterocycles. The van der Waals surface area contributed by atoms with Crippen LogP contribution in [0.5, 0.6) is 0 Å². The third kappa shape index (κ3) is 5.34. The fraction of sp³-hybridized carbons (Fsp3) is 0.522. The molecule has 30 heavy (non-hydrogen) atoms. The molecule has 7 heteroatoms. The Morgan fingerprint density at radius 2 is 2.17 bits per heavy atom. The zero-order valence-electron chi connectivity index (χ0n) is 17.8. The van der Waals surface area contributed by atoms with Crippen LogP contribution in [0.4, 0.5) is 0 Å². The number of aldehydes is 1. The van der Waals surface area contributed by atoms with Gasteiger partial charge < -0.3 is 24.1 Å². The number of hydrogen-bond donors (Lipinski definition) is 1. The number of aliphatic hydroxyl groups is 1. The predicted octanol–water partition coefficient (Wildman–Crippen LogP) is 2.60. The van der Waals surface area contributed by atoms with Crippen LogP contribution in [0.25, 0.3) is 0 Å². The summed E-state index contributed by atoms with van der Waals surface area (Å²) in [6, 6.07) is 0. The van der Waals surface area contributed by atoms with Gasteiger partial charge in [-0.05, 0) is 50.8 Å². The third-order valence-corrected chi connectivity index (χ3v) is 5.42. The van der Waals surface area contributed by atoms with Crippen LogP contribution >= 0.6 is 0 Å². The Morgan fingerprint density at radius 3 is 2.77 bits per heavy atom. The first kappa shape index (κ1) is 23.8. The van der Waals surface area contributed by atoms with Crippen molar-refractivity contribution in [3.8, 4) is 0 Å². The topological polar surface area (TPSA) is 99.1 Å². The zero-order chi connectivity index (χ0) is 22.3. The van der Waals surface area contributed by atoms with Gasteiger partial charge in [0.1, 0.15) is 24.6 Å². The number of allylic oxidation sites excluding steroid dienone is 2. The molecule has 4 atom stereocenters. The SMILES string of the molecule is C=C1C(=O)O[C@@H]2/C=C(/CO)CC/C=C(/CC=O)[C@H](OCC)[C@@H](OC(=O)/C(C)=C\C)[C@@H]12. The van der Waals surface area contributed by atoms with Crippen molar-refractivity contribution in [1.82, 2.24) is 0 Å². The molecule has 0 saturated carbocycles. The van der Waals surface area contributed by atoms with Gasteiger partial charge in [-0.1, -0.05) is 18.7 Å². The van der Waals surface area contributed by atoms with Crippen molar-refractivity contribution >= 4 is 18.2 Å². The van der Waals surface area contributed by atoms with Crippen LogP contribution in [-0.2, 0) is 28.6 Å². The molecule has 0 unspecified atom stereocenters. The second-order valence-corrected chi connectivity index (χ2v) is 7.31. The highest BCUT2D eigenvalue weighted by molar-refractivity contribution is 5.92. The van der Waals surface area contributed by atoms with E-state index in [0.717, 1.165) is 6.29 Å². The highest BCUT2D eigenvalue weighted by Crippen LogP contribution is 2.38. The van der Waals surface area contributed by atoms with E-state index in [1.807, 2.05) is 6.08 Å². The molecular weight excluding hydrogens is 388 g/mol. The smallest absolute Gasteiger partial charge is 0.334 e. The normalized spacial score (nSPS) is 31.0. The van der Waals surface area contributed by atoms with Gasteiger partial charge in [0, 0.05) is 24.2 Å². The molecule has 1 aliphatic carbocycles. The Bertz CT molecular complexity index is 774. The maximum absolute atomic E-state index is 12.7. The number of hydrogen-bond acceptors (Lipinski definition) is 7. The van der Waals surface area contributed by atoms with Gasteiger partial charge in [-0.2, -0.15) is 0 Å².